The van der Waals surface area contributed by atoms with Crippen LogP contribution in [0, 0.1) is 0 Å². The van der Waals surface area contributed by atoms with Crippen LogP contribution >= 0.6 is 11.6 Å². The molecule has 116 valence electrons. The number of amides is 2. The first-order chi connectivity index (χ1) is 10.0. The van der Waals surface area contributed by atoms with Crippen molar-refractivity contribution in [1.29, 1.82) is 0 Å². The zero-order valence-corrected chi connectivity index (χ0v) is 13.2. The van der Waals surface area contributed by atoms with Gasteiger partial charge in [-0.2, -0.15) is 0 Å². The van der Waals surface area contributed by atoms with Crippen LogP contribution in [-0.2, 0) is 14.3 Å². The largest absolute Gasteiger partial charge is 0.385 e. The van der Waals surface area contributed by atoms with Crippen LogP contribution in [0.1, 0.15) is 19.8 Å². The molecule has 0 aliphatic heterocycles. The van der Waals surface area contributed by atoms with E-state index >= 15 is 0 Å². The fourth-order valence-electron chi connectivity index (χ4n) is 1.86. The van der Waals surface area contributed by atoms with Crippen molar-refractivity contribution in [2.75, 3.05) is 31.7 Å². The fraction of sp³-hybridized carbons (Fsp3) is 0.467. The van der Waals surface area contributed by atoms with E-state index < -0.39 is 0 Å². The zero-order valence-electron chi connectivity index (χ0n) is 12.4. The van der Waals surface area contributed by atoms with E-state index in [1.807, 2.05) is 0 Å². The van der Waals surface area contributed by atoms with Gasteiger partial charge in [-0.15, -0.1) is 0 Å². The third-order valence-corrected chi connectivity index (χ3v) is 3.14. The Morgan fingerprint density at radius 2 is 2.14 bits per heavy atom. The van der Waals surface area contributed by atoms with E-state index in [0.717, 1.165) is 6.42 Å². The average Bonchev–Trinajstić information content (AvgIpc) is 2.43. The molecule has 21 heavy (non-hydrogen) atoms. The van der Waals surface area contributed by atoms with Crippen LogP contribution in [0.2, 0.25) is 5.02 Å². The van der Waals surface area contributed by atoms with Crippen molar-refractivity contribution in [1.82, 2.24) is 5.32 Å². The van der Waals surface area contributed by atoms with Crippen molar-refractivity contribution in [3.05, 3.63) is 29.3 Å². The van der Waals surface area contributed by atoms with Crippen molar-refractivity contribution in [2.45, 2.75) is 19.8 Å². The zero-order chi connectivity index (χ0) is 15.7. The summed E-state index contributed by atoms with van der Waals surface area (Å²) in [5, 5.41) is 3.35. The fourth-order valence-corrected chi connectivity index (χ4v) is 2.04. The Kier molecular flexibility index (Phi) is 7.79. The average molecular weight is 313 g/mol. The summed E-state index contributed by atoms with van der Waals surface area (Å²) in [6, 6.07) is 7.02. The Balaban J connectivity index is 2.49. The van der Waals surface area contributed by atoms with Crippen LogP contribution in [0.15, 0.2) is 24.3 Å². The molecular weight excluding hydrogens is 292 g/mol. The van der Waals surface area contributed by atoms with Gasteiger partial charge >= 0.3 is 0 Å². The monoisotopic (exact) mass is 312 g/mol. The number of hydrogen-bond acceptors (Lipinski definition) is 3. The summed E-state index contributed by atoms with van der Waals surface area (Å²) in [6.07, 6.45) is 1.02. The third kappa shape index (κ3) is 6.60. The highest BCUT2D eigenvalue weighted by Gasteiger charge is 2.13. The SMILES string of the molecule is COCCCNC(=O)CCN(C(C)=O)c1cccc(Cl)c1. The van der Waals surface area contributed by atoms with Crippen LogP contribution in [-0.4, -0.2) is 38.6 Å². The van der Waals surface area contributed by atoms with Gasteiger partial charge < -0.3 is 15.0 Å². The number of nitrogens with one attached hydrogen (secondary N) is 1. The highest BCUT2D eigenvalue weighted by Crippen LogP contribution is 2.19. The molecule has 0 fully saturated rings. The molecule has 0 aliphatic rings. The van der Waals surface area contributed by atoms with E-state index in [1.165, 1.54) is 6.92 Å². The Bertz CT molecular complexity index is 480. The lowest BCUT2D eigenvalue weighted by Crippen LogP contribution is -2.34. The number of rotatable bonds is 8. The molecule has 0 spiro atoms. The number of nitrogens with zero attached hydrogens (tertiary/aromatic N) is 1. The summed E-state index contributed by atoms with van der Waals surface area (Å²) >= 11 is 5.93. The second kappa shape index (κ2) is 9.37. The number of carbonyl (C=O) groups excluding carboxylic acids is 2. The molecule has 0 aliphatic carbocycles. The van der Waals surface area contributed by atoms with Gasteiger partial charge in [-0.25, -0.2) is 0 Å². The first-order valence-electron chi connectivity index (χ1n) is 6.84. The Labute approximate surface area is 130 Å². The van der Waals surface area contributed by atoms with Crippen LogP contribution in [0.5, 0.6) is 0 Å². The minimum Gasteiger partial charge on any atom is -0.385 e. The molecule has 1 aromatic rings. The van der Waals surface area contributed by atoms with E-state index in [-0.39, 0.29) is 18.2 Å². The Morgan fingerprint density at radius 1 is 1.38 bits per heavy atom. The molecule has 0 saturated heterocycles. The predicted molar refractivity (Wildman–Crippen MR) is 83.6 cm³/mol. The number of benzene rings is 1. The van der Waals surface area contributed by atoms with Gasteiger partial charge in [0.05, 0.1) is 0 Å². The maximum atomic E-state index is 11.7. The molecule has 0 unspecified atom stereocenters. The number of methoxy groups -OCH3 is 1. The lowest BCUT2D eigenvalue weighted by Gasteiger charge is -2.21. The highest BCUT2D eigenvalue weighted by atomic mass is 35.5. The van der Waals surface area contributed by atoms with Gasteiger partial charge in [-0.1, -0.05) is 17.7 Å². The van der Waals surface area contributed by atoms with Crippen LogP contribution in [0.4, 0.5) is 5.69 Å². The van der Waals surface area contributed by atoms with Crippen LogP contribution in [0.25, 0.3) is 0 Å². The van der Waals surface area contributed by atoms with Crippen molar-refractivity contribution in [3.63, 3.8) is 0 Å². The van der Waals surface area contributed by atoms with Gasteiger partial charge in [0.2, 0.25) is 11.8 Å². The van der Waals surface area contributed by atoms with Crippen molar-refractivity contribution in [2.24, 2.45) is 0 Å². The number of hydrogen-bond donors (Lipinski definition) is 1. The van der Waals surface area contributed by atoms with E-state index in [9.17, 15) is 9.59 Å². The third-order valence-electron chi connectivity index (χ3n) is 2.91. The van der Waals surface area contributed by atoms with Gasteiger partial charge in [0, 0.05) is 50.9 Å². The van der Waals surface area contributed by atoms with E-state index in [2.05, 4.69) is 5.32 Å². The number of ether oxygens (including phenoxy) is 1. The molecule has 2 amide bonds. The Hall–Kier alpha value is -1.59. The quantitative estimate of drug-likeness (QED) is 0.749. The van der Waals surface area contributed by atoms with Gasteiger partial charge in [-0.3, -0.25) is 9.59 Å². The maximum absolute atomic E-state index is 11.7. The van der Waals surface area contributed by atoms with Gasteiger partial charge in [0.25, 0.3) is 0 Å². The van der Waals surface area contributed by atoms with Gasteiger partial charge in [0.1, 0.15) is 0 Å². The molecular formula is C15H21ClN2O3. The summed E-state index contributed by atoms with van der Waals surface area (Å²) in [4.78, 5) is 25.0. The molecule has 5 nitrogen and oxygen atoms in total. The van der Waals surface area contributed by atoms with Gasteiger partial charge in [0.15, 0.2) is 0 Å². The number of halogens is 1. The summed E-state index contributed by atoms with van der Waals surface area (Å²) < 4.78 is 4.91. The highest BCUT2D eigenvalue weighted by molar-refractivity contribution is 6.30. The summed E-state index contributed by atoms with van der Waals surface area (Å²) in [6.45, 7) is 2.98. The molecule has 0 atom stereocenters. The van der Waals surface area contributed by atoms with Crippen molar-refractivity contribution >= 4 is 29.1 Å². The minimum absolute atomic E-state index is 0.0839. The number of anilines is 1. The number of carbonyl (C=O) groups is 2. The predicted octanol–water partition coefficient (Wildman–Crippen LogP) is 2.24. The second-order valence-corrected chi connectivity index (χ2v) is 5.03. The first-order valence-corrected chi connectivity index (χ1v) is 7.21. The molecule has 0 aromatic heterocycles. The van der Waals surface area contributed by atoms with E-state index in [4.69, 9.17) is 16.3 Å². The second-order valence-electron chi connectivity index (χ2n) is 4.60. The molecule has 1 N–H and O–H groups in total. The lowest BCUT2D eigenvalue weighted by atomic mass is 10.2. The topological polar surface area (TPSA) is 58.6 Å². The molecule has 1 aromatic carbocycles. The summed E-state index contributed by atoms with van der Waals surface area (Å²) in [5.74, 6) is -0.205. The summed E-state index contributed by atoms with van der Waals surface area (Å²) in [5.41, 5.74) is 0.696. The minimum atomic E-state index is -0.121. The first kappa shape index (κ1) is 17.5. The van der Waals surface area contributed by atoms with Crippen molar-refractivity contribution < 1.29 is 14.3 Å². The van der Waals surface area contributed by atoms with E-state index in [1.54, 1.807) is 36.3 Å². The standard InChI is InChI=1S/C15H21ClN2O3/c1-12(19)18(14-6-3-5-13(16)11-14)9-7-15(20)17-8-4-10-21-2/h3,5-6,11H,4,7-10H2,1-2H3,(H,17,20). The van der Waals surface area contributed by atoms with Crippen molar-refractivity contribution in [3.8, 4) is 0 Å². The van der Waals surface area contributed by atoms with Gasteiger partial charge in [-0.05, 0) is 24.6 Å². The normalized spacial score (nSPS) is 10.2. The maximum Gasteiger partial charge on any atom is 0.223 e. The molecule has 6 heteroatoms. The molecule has 1 rings (SSSR count). The van der Waals surface area contributed by atoms with Crippen LogP contribution < -0.4 is 10.2 Å². The lowest BCUT2D eigenvalue weighted by molar-refractivity contribution is -0.121. The Morgan fingerprint density at radius 3 is 2.76 bits per heavy atom. The molecule has 0 saturated carbocycles. The molecule has 0 radical (unpaired) electrons. The van der Waals surface area contributed by atoms with Crippen LogP contribution in [0.3, 0.4) is 0 Å². The molecule has 0 heterocycles. The smallest absolute Gasteiger partial charge is 0.223 e. The summed E-state index contributed by atoms with van der Waals surface area (Å²) in [7, 11) is 1.62. The molecule has 0 bridgehead atoms. The van der Waals surface area contributed by atoms with E-state index in [0.29, 0.717) is 30.4 Å².